The molecule has 4 nitrogen and oxygen atoms in total. The van der Waals surface area contributed by atoms with Crippen LogP contribution in [0.5, 0.6) is 0 Å². The Bertz CT molecular complexity index is 1220. The van der Waals surface area contributed by atoms with Gasteiger partial charge in [0, 0.05) is 43.9 Å². The first-order valence-corrected chi connectivity index (χ1v) is 11.4. The minimum absolute atomic E-state index is 0.0155. The summed E-state index contributed by atoms with van der Waals surface area (Å²) >= 11 is 18.8. The number of aliphatic imine (C=N–C) groups is 1. The fourth-order valence-electron chi connectivity index (χ4n) is 4.22. The summed E-state index contributed by atoms with van der Waals surface area (Å²) in [5.74, 6) is 0.116. The van der Waals surface area contributed by atoms with Crippen LogP contribution < -0.4 is 5.43 Å². The number of hydrogen-bond donors (Lipinski definition) is 1. The van der Waals surface area contributed by atoms with Gasteiger partial charge in [0.2, 0.25) is 0 Å². The number of benzene rings is 2. The lowest BCUT2D eigenvalue weighted by molar-refractivity contribution is 0.403. The van der Waals surface area contributed by atoms with Crippen molar-refractivity contribution in [2.45, 2.75) is 25.2 Å². The van der Waals surface area contributed by atoms with Gasteiger partial charge in [-0.05, 0) is 81.7 Å². The molecular formula is C24H24Cl3N3O. The van der Waals surface area contributed by atoms with Gasteiger partial charge in [-0.1, -0.05) is 40.9 Å². The van der Waals surface area contributed by atoms with Gasteiger partial charge in [-0.3, -0.25) is 9.79 Å². The minimum Gasteiger partial charge on any atom is -0.358 e. The van der Waals surface area contributed by atoms with E-state index in [9.17, 15) is 4.79 Å². The van der Waals surface area contributed by atoms with Crippen molar-refractivity contribution in [3.63, 3.8) is 0 Å². The standard InChI is InChI=1S/C24H24Cl3N3O/c1-30(2)9-3-8-28-21-10-14(17-6-4-16(26)13-19(17)27)11-22-23(21)24(31)18-12-15(25)5-7-20(18)29-22/h4-7,12-14H,3,8-11H2,1-2H3,(H,29,31)/b28-21-. The summed E-state index contributed by atoms with van der Waals surface area (Å²) in [6.45, 7) is 1.61. The molecule has 0 radical (unpaired) electrons. The fraction of sp³-hybridized carbons (Fsp3) is 0.333. The highest BCUT2D eigenvalue weighted by molar-refractivity contribution is 6.35. The average molecular weight is 477 g/mol. The maximum absolute atomic E-state index is 13.4. The van der Waals surface area contributed by atoms with Crippen LogP contribution in [0.15, 0.2) is 46.2 Å². The normalized spacial score (nSPS) is 17.5. The number of fused-ring (bicyclic) bond motifs is 2. The monoisotopic (exact) mass is 475 g/mol. The van der Waals surface area contributed by atoms with E-state index in [4.69, 9.17) is 39.8 Å². The Labute approximate surface area is 196 Å². The third kappa shape index (κ3) is 4.83. The van der Waals surface area contributed by atoms with Crippen LogP contribution in [0.25, 0.3) is 10.9 Å². The van der Waals surface area contributed by atoms with Gasteiger partial charge in [0.1, 0.15) is 0 Å². The zero-order chi connectivity index (χ0) is 22.1. The molecule has 1 aliphatic carbocycles. The molecule has 1 aromatic heterocycles. The zero-order valence-corrected chi connectivity index (χ0v) is 19.8. The van der Waals surface area contributed by atoms with Crippen LogP contribution in [0, 0.1) is 0 Å². The number of aromatic nitrogens is 1. The van der Waals surface area contributed by atoms with E-state index in [0.29, 0.717) is 45.4 Å². The first-order valence-electron chi connectivity index (χ1n) is 10.3. The molecule has 1 aliphatic rings. The van der Waals surface area contributed by atoms with Crippen molar-refractivity contribution >= 4 is 51.4 Å². The van der Waals surface area contributed by atoms with Gasteiger partial charge >= 0.3 is 0 Å². The van der Waals surface area contributed by atoms with E-state index in [2.05, 4.69) is 9.88 Å². The van der Waals surface area contributed by atoms with Gasteiger partial charge in [0.15, 0.2) is 5.43 Å². The lowest BCUT2D eigenvalue weighted by Gasteiger charge is -2.27. The zero-order valence-electron chi connectivity index (χ0n) is 17.5. The van der Waals surface area contributed by atoms with Gasteiger partial charge in [0.05, 0.1) is 5.56 Å². The van der Waals surface area contributed by atoms with Gasteiger partial charge in [-0.2, -0.15) is 0 Å². The maximum Gasteiger partial charge on any atom is 0.198 e. The van der Waals surface area contributed by atoms with Crippen LogP contribution >= 0.6 is 34.8 Å². The summed E-state index contributed by atoms with van der Waals surface area (Å²) in [4.78, 5) is 23.9. The molecular weight excluding hydrogens is 453 g/mol. The molecule has 3 aromatic rings. The smallest absolute Gasteiger partial charge is 0.198 e. The third-order valence-corrected chi connectivity index (χ3v) is 6.49. The molecule has 1 N–H and O–H groups in total. The van der Waals surface area contributed by atoms with Crippen LogP contribution in [-0.4, -0.2) is 42.8 Å². The molecule has 0 saturated carbocycles. The number of halogens is 3. The molecule has 0 fully saturated rings. The summed E-state index contributed by atoms with van der Waals surface area (Å²) in [6, 6.07) is 11.0. The van der Waals surface area contributed by atoms with Crippen molar-refractivity contribution in [3.05, 3.63) is 78.5 Å². The number of H-pyrrole nitrogens is 1. The molecule has 4 rings (SSSR count). The SMILES string of the molecule is CN(C)CCC/N=C1/CC(c2ccc(Cl)cc2Cl)Cc2[nH]c3ccc(Cl)cc3c(=O)c21. The first kappa shape index (κ1) is 22.3. The highest BCUT2D eigenvalue weighted by Crippen LogP contribution is 2.36. The van der Waals surface area contributed by atoms with Gasteiger partial charge in [-0.15, -0.1) is 0 Å². The topological polar surface area (TPSA) is 48.5 Å². The highest BCUT2D eigenvalue weighted by atomic mass is 35.5. The Morgan fingerprint density at radius 2 is 1.81 bits per heavy atom. The van der Waals surface area contributed by atoms with Crippen molar-refractivity contribution in [2.75, 3.05) is 27.2 Å². The molecule has 1 unspecified atom stereocenters. The Hall–Kier alpha value is -1.85. The quantitative estimate of drug-likeness (QED) is 0.462. The maximum atomic E-state index is 13.4. The van der Waals surface area contributed by atoms with Gasteiger partial charge in [0.25, 0.3) is 0 Å². The van der Waals surface area contributed by atoms with Crippen molar-refractivity contribution in [1.29, 1.82) is 0 Å². The third-order valence-electron chi connectivity index (χ3n) is 5.69. The molecule has 7 heteroatoms. The van der Waals surface area contributed by atoms with Crippen molar-refractivity contribution in [2.24, 2.45) is 4.99 Å². The Balaban J connectivity index is 1.81. The Kier molecular flexibility index (Phi) is 6.73. The summed E-state index contributed by atoms with van der Waals surface area (Å²) in [5, 5.41) is 2.39. The second kappa shape index (κ2) is 9.33. The number of aromatic amines is 1. The molecule has 0 aliphatic heterocycles. The Morgan fingerprint density at radius 3 is 2.55 bits per heavy atom. The predicted octanol–water partition coefficient (Wildman–Crippen LogP) is 5.96. The highest BCUT2D eigenvalue weighted by Gasteiger charge is 2.29. The average Bonchev–Trinajstić information content (AvgIpc) is 2.71. The molecule has 0 spiro atoms. The van der Waals surface area contributed by atoms with Crippen molar-refractivity contribution in [3.8, 4) is 0 Å². The number of pyridine rings is 1. The number of hydrogen-bond acceptors (Lipinski definition) is 3. The predicted molar refractivity (Wildman–Crippen MR) is 132 cm³/mol. The fourth-order valence-corrected chi connectivity index (χ4v) is 4.95. The van der Waals surface area contributed by atoms with Gasteiger partial charge in [-0.25, -0.2) is 0 Å². The molecule has 0 saturated heterocycles. The summed E-state index contributed by atoms with van der Waals surface area (Å²) < 4.78 is 0. The molecule has 31 heavy (non-hydrogen) atoms. The lowest BCUT2D eigenvalue weighted by atomic mass is 9.80. The summed E-state index contributed by atoms with van der Waals surface area (Å²) in [6.07, 6.45) is 2.27. The minimum atomic E-state index is -0.0155. The second-order valence-corrected chi connectivity index (χ2v) is 9.53. The van der Waals surface area contributed by atoms with Crippen LogP contribution in [0.2, 0.25) is 15.1 Å². The first-order chi connectivity index (χ1) is 14.8. The van der Waals surface area contributed by atoms with E-state index < -0.39 is 0 Å². The number of rotatable bonds is 5. The van der Waals surface area contributed by atoms with E-state index in [1.54, 1.807) is 18.2 Å². The van der Waals surface area contributed by atoms with Crippen LogP contribution in [0.3, 0.4) is 0 Å². The lowest BCUT2D eigenvalue weighted by Crippen LogP contribution is -2.29. The number of nitrogens with one attached hydrogen (secondary N) is 1. The molecule has 1 heterocycles. The molecule has 2 aromatic carbocycles. The molecule has 1 atom stereocenters. The van der Waals surface area contributed by atoms with E-state index in [-0.39, 0.29) is 11.3 Å². The summed E-state index contributed by atoms with van der Waals surface area (Å²) in [7, 11) is 4.09. The summed E-state index contributed by atoms with van der Waals surface area (Å²) in [5.41, 5.74) is 4.20. The van der Waals surface area contributed by atoms with Crippen molar-refractivity contribution < 1.29 is 0 Å². The van der Waals surface area contributed by atoms with E-state index in [1.165, 1.54) is 0 Å². The van der Waals surface area contributed by atoms with Gasteiger partial charge < -0.3 is 9.88 Å². The largest absolute Gasteiger partial charge is 0.358 e. The van der Waals surface area contributed by atoms with Crippen molar-refractivity contribution in [1.82, 2.24) is 9.88 Å². The molecule has 0 bridgehead atoms. The van der Waals surface area contributed by atoms with E-state index >= 15 is 0 Å². The van der Waals surface area contributed by atoms with Crippen LogP contribution in [0.4, 0.5) is 0 Å². The van der Waals surface area contributed by atoms with Crippen LogP contribution in [-0.2, 0) is 6.42 Å². The van der Waals surface area contributed by atoms with E-state index in [1.807, 2.05) is 32.3 Å². The van der Waals surface area contributed by atoms with E-state index in [0.717, 1.165) is 35.5 Å². The Morgan fingerprint density at radius 1 is 1.06 bits per heavy atom. The second-order valence-electron chi connectivity index (χ2n) is 8.25. The molecule has 0 amide bonds. The molecule has 162 valence electrons. The van der Waals surface area contributed by atoms with Crippen LogP contribution in [0.1, 0.15) is 35.6 Å². The number of nitrogens with zero attached hydrogens (tertiary/aromatic N) is 2.